The van der Waals surface area contributed by atoms with E-state index in [1.807, 2.05) is 0 Å². The van der Waals surface area contributed by atoms with E-state index in [0.29, 0.717) is 22.9 Å². The molecule has 0 unspecified atom stereocenters. The van der Waals surface area contributed by atoms with Crippen molar-refractivity contribution < 1.29 is 4.74 Å². The first-order chi connectivity index (χ1) is 15.1. The fourth-order valence-electron chi connectivity index (χ4n) is 4.90. The van der Waals surface area contributed by atoms with Crippen molar-refractivity contribution in [3.8, 4) is 0 Å². The number of nitrogens with zero attached hydrogens (tertiary/aromatic N) is 5. The summed E-state index contributed by atoms with van der Waals surface area (Å²) in [6.45, 7) is 14.2. The van der Waals surface area contributed by atoms with Crippen LogP contribution in [0.3, 0.4) is 0 Å². The van der Waals surface area contributed by atoms with Crippen LogP contribution in [0.4, 0.5) is 17.6 Å². The third-order valence-electron chi connectivity index (χ3n) is 6.36. The minimum atomic E-state index is 0.582. The molecule has 4 rings (SSSR count). The van der Waals surface area contributed by atoms with E-state index < -0.39 is 0 Å². The fourth-order valence-corrected chi connectivity index (χ4v) is 5.09. The Labute approximate surface area is 191 Å². The van der Waals surface area contributed by atoms with Gasteiger partial charge in [0.1, 0.15) is 11.6 Å². The molecule has 4 heterocycles. The van der Waals surface area contributed by atoms with E-state index in [-0.39, 0.29) is 0 Å². The van der Waals surface area contributed by atoms with E-state index in [2.05, 4.69) is 45.2 Å². The monoisotopic (exact) mass is 447 g/mol. The highest BCUT2D eigenvalue weighted by Gasteiger charge is 2.25. The average Bonchev–Trinajstić information content (AvgIpc) is 3.29. The van der Waals surface area contributed by atoms with Crippen molar-refractivity contribution in [2.24, 2.45) is 11.8 Å². The largest absolute Gasteiger partial charge is 0.379 e. The van der Waals surface area contributed by atoms with Crippen molar-refractivity contribution in [1.29, 1.82) is 0 Å². The molecule has 0 spiro atoms. The highest BCUT2D eigenvalue weighted by Crippen LogP contribution is 2.29. The summed E-state index contributed by atoms with van der Waals surface area (Å²) in [5, 5.41) is 7.14. The van der Waals surface area contributed by atoms with Gasteiger partial charge in [-0.25, -0.2) is 0 Å². The number of nitrogens with one attached hydrogen (secondary N) is 2. The van der Waals surface area contributed by atoms with Gasteiger partial charge in [0.25, 0.3) is 0 Å². The van der Waals surface area contributed by atoms with Crippen LogP contribution >= 0.6 is 12.2 Å². The van der Waals surface area contributed by atoms with Gasteiger partial charge in [0.2, 0.25) is 5.95 Å². The first-order valence-electron chi connectivity index (χ1n) is 11.8. The van der Waals surface area contributed by atoms with Gasteiger partial charge in [0.15, 0.2) is 5.11 Å². The summed E-state index contributed by atoms with van der Waals surface area (Å²) in [5.74, 6) is 3.96. The summed E-state index contributed by atoms with van der Waals surface area (Å²) in [7, 11) is 0. The predicted octanol–water partition coefficient (Wildman–Crippen LogP) is 2.18. The Balaban J connectivity index is 1.41. The van der Waals surface area contributed by atoms with Crippen LogP contribution in [-0.2, 0) is 4.74 Å². The SMILES string of the molecule is C[C@@H]1C[C@H](C)CN(c2cc(N3CCCC3)nc(NC(=S)NCCN3CCOCC3)n2)C1. The molecule has 0 saturated carbocycles. The Morgan fingerprint density at radius 3 is 2.35 bits per heavy atom. The topological polar surface area (TPSA) is 68.8 Å². The van der Waals surface area contributed by atoms with Gasteiger partial charge in [-0.1, -0.05) is 13.8 Å². The molecule has 172 valence electrons. The van der Waals surface area contributed by atoms with Crippen molar-refractivity contribution in [2.45, 2.75) is 33.1 Å². The molecular weight excluding hydrogens is 410 g/mol. The van der Waals surface area contributed by atoms with Gasteiger partial charge in [-0.15, -0.1) is 0 Å². The van der Waals surface area contributed by atoms with Crippen LogP contribution in [0, 0.1) is 11.8 Å². The molecule has 0 aromatic carbocycles. The van der Waals surface area contributed by atoms with E-state index in [1.165, 1.54) is 19.3 Å². The summed E-state index contributed by atoms with van der Waals surface area (Å²) >= 11 is 5.55. The summed E-state index contributed by atoms with van der Waals surface area (Å²) < 4.78 is 5.41. The van der Waals surface area contributed by atoms with Gasteiger partial charge in [0.05, 0.1) is 13.2 Å². The van der Waals surface area contributed by atoms with E-state index in [0.717, 1.165) is 77.2 Å². The highest BCUT2D eigenvalue weighted by molar-refractivity contribution is 7.80. The summed E-state index contributed by atoms with van der Waals surface area (Å²) in [5.41, 5.74) is 0. The zero-order chi connectivity index (χ0) is 21.6. The zero-order valence-electron chi connectivity index (χ0n) is 19.0. The van der Waals surface area contributed by atoms with Crippen LogP contribution in [0.25, 0.3) is 0 Å². The van der Waals surface area contributed by atoms with Crippen molar-refractivity contribution in [2.75, 3.05) is 80.7 Å². The van der Waals surface area contributed by atoms with Gasteiger partial charge in [0, 0.05) is 58.4 Å². The maximum Gasteiger partial charge on any atom is 0.232 e. The van der Waals surface area contributed by atoms with E-state index >= 15 is 0 Å². The maximum atomic E-state index is 5.55. The molecule has 0 radical (unpaired) electrons. The third-order valence-corrected chi connectivity index (χ3v) is 6.61. The minimum Gasteiger partial charge on any atom is -0.379 e. The van der Waals surface area contributed by atoms with Crippen molar-refractivity contribution in [1.82, 2.24) is 20.2 Å². The maximum absolute atomic E-state index is 5.55. The van der Waals surface area contributed by atoms with Gasteiger partial charge in [-0.05, 0) is 43.3 Å². The van der Waals surface area contributed by atoms with Gasteiger partial charge >= 0.3 is 0 Å². The molecule has 3 aliphatic heterocycles. The van der Waals surface area contributed by atoms with Crippen LogP contribution in [-0.4, -0.2) is 85.6 Å². The predicted molar refractivity (Wildman–Crippen MR) is 130 cm³/mol. The Hall–Kier alpha value is -1.71. The molecule has 3 fully saturated rings. The summed E-state index contributed by atoms with van der Waals surface area (Å²) in [4.78, 5) is 16.8. The van der Waals surface area contributed by atoms with Crippen molar-refractivity contribution in [3.05, 3.63) is 6.07 Å². The summed E-state index contributed by atoms with van der Waals surface area (Å²) in [6, 6.07) is 2.16. The number of hydrogen-bond donors (Lipinski definition) is 2. The van der Waals surface area contributed by atoms with Crippen LogP contribution in [0.1, 0.15) is 33.1 Å². The lowest BCUT2D eigenvalue weighted by molar-refractivity contribution is 0.0389. The number of piperidine rings is 1. The molecule has 2 atom stereocenters. The van der Waals surface area contributed by atoms with Crippen LogP contribution in [0.5, 0.6) is 0 Å². The molecular formula is C22H37N7OS. The van der Waals surface area contributed by atoms with Gasteiger partial charge in [-0.2, -0.15) is 9.97 Å². The molecule has 8 nitrogen and oxygen atoms in total. The quantitative estimate of drug-likeness (QED) is 0.639. The van der Waals surface area contributed by atoms with E-state index in [4.69, 9.17) is 26.9 Å². The molecule has 1 aromatic heterocycles. The van der Waals surface area contributed by atoms with Gasteiger partial charge in [-0.3, -0.25) is 4.90 Å². The number of hydrogen-bond acceptors (Lipinski definition) is 7. The normalized spacial score (nSPS) is 25.0. The minimum absolute atomic E-state index is 0.582. The summed E-state index contributed by atoms with van der Waals surface area (Å²) in [6.07, 6.45) is 3.73. The number of morpholine rings is 1. The lowest BCUT2D eigenvalue weighted by Crippen LogP contribution is -2.42. The Kier molecular flexibility index (Phi) is 7.79. The molecule has 0 bridgehead atoms. The lowest BCUT2D eigenvalue weighted by Gasteiger charge is -2.36. The molecule has 1 aromatic rings. The number of ether oxygens (including phenoxy) is 1. The van der Waals surface area contributed by atoms with E-state index in [1.54, 1.807) is 0 Å². The standard InChI is InChI=1S/C22H37N7OS/c1-17-13-18(2)16-29(15-17)20-14-19(28-6-3-4-7-28)24-21(25-20)26-22(31)23-5-8-27-9-11-30-12-10-27/h14,17-18H,3-13,15-16H2,1-2H3,(H2,23,24,25,26,31)/t17-,18+. The molecule has 0 amide bonds. The van der Waals surface area contributed by atoms with Crippen LogP contribution in [0.2, 0.25) is 0 Å². The smallest absolute Gasteiger partial charge is 0.232 e. The molecule has 31 heavy (non-hydrogen) atoms. The molecule has 3 saturated heterocycles. The van der Waals surface area contributed by atoms with Crippen molar-refractivity contribution in [3.63, 3.8) is 0 Å². The van der Waals surface area contributed by atoms with Crippen molar-refractivity contribution >= 4 is 34.9 Å². The van der Waals surface area contributed by atoms with E-state index in [9.17, 15) is 0 Å². The number of aromatic nitrogens is 2. The highest BCUT2D eigenvalue weighted by atomic mass is 32.1. The second-order valence-electron chi connectivity index (χ2n) is 9.29. The first kappa shape index (κ1) is 22.5. The Morgan fingerprint density at radius 2 is 1.68 bits per heavy atom. The third kappa shape index (κ3) is 6.40. The number of thiocarbonyl (C=S) groups is 1. The lowest BCUT2D eigenvalue weighted by atomic mass is 9.92. The Bertz CT molecular complexity index is 727. The zero-order valence-corrected chi connectivity index (χ0v) is 19.8. The number of rotatable bonds is 6. The van der Waals surface area contributed by atoms with Gasteiger partial charge < -0.3 is 25.2 Å². The molecule has 2 N–H and O–H groups in total. The second-order valence-corrected chi connectivity index (χ2v) is 9.70. The number of anilines is 3. The van der Waals surface area contributed by atoms with Crippen LogP contribution < -0.4 is 20.4 Å². The molecule has 9 heteroatoms. The first-order valence-corrected chi connectivity index (χ1v) is 12.2. The second kappa shape index (κ2) is 10.7. The fraction of sp³-hybridized carbons (Fsp3) is 0.773. The van der Waals surface area contributed by atoms with Crippen LogP contribution in [0.15, 0.2) is 6.07 Å². The molecule has 3 aliphatic rings. The average molecular weight is 448 g/mol. The molecule has 0 aliphatic carbocycles. The Morgan fingerprint density at radius 1 is 1.03 bits per heavy atom.